The van der Waals surface area contributed by atoms with E-state index < -0.39 is 0 Å². The van der Waals surface area contributed by atoms with Crippen molar-refractivity contribution < 1.29 is 9.53 Å². The lowest BCUT2D eigenvalue weighted by atomic mass is 9.92. The largest absolute Gasteiger partial charge is 0.376 e. The molecule has 1 aromatic rings. The van der Waals surface area contributed by atoms with Gasteiger partial charge in [-0.25, -0.2) is 9.48 Å². The molecule has 1 unspecified atom stereocenters. The summed E-state index contributed by atoms with van der Waals surface area (Å²) in [4.78, 5) is 12.2. The Morgan fingerprint density at radius 1 is 1.35 bits per heavy atom. The molecule has 0 radical (unpaired) electrons. The molecule has 1 fully saturated rings. The van der Waals surface area contributed by atoms with E-state index in [2.05, 4.69) is 52.2 Å². The Bertz CT molecular complexity index is 546. The smallest absolute Gasteiger partial charge is 0.320 e. The van der Waals surface area contributed by atoms with Crippen molar-refractivity contribution in [2.75, 3.05) is 18.5 Å². The number of hydrogen-bond donors (Lipinski definition) is 2. The molecule has 23 heavy (non-hydrogen) atoms. The van der Waals surface area contributed by atoms with Crippen LogP contribution in [0.3, 0.4) is 0 Å². The first-order valence-electron chi connectivity index (χ1n) is 8.35. The molecule has 1 aliphatic rings. The number of aromatic nitrogens is 2. The predicted molar refractivity (Wildman–Crippen MR) is 91.9 cm³/mol. The highest BCUT2D eigenvalue weighted by Gasteiger charge is 2.26. The third-order valence-corrected chi connectivity index (χ3v) is 3.87. The average Bonchev–Trinajstić information content (AvgIpc) is 3.03. The topological polar surface area (TPSA) is 68.2 Å². The lowest BCUT2D eigenvalue weighted by molar-refractivity contribution is 0.112. The van der Waals surface area contributed by atoms with Gasteiger partial charge in [-0.05, 0) is 33.6 Å². The zero-order valence-corrected chi connectivity index (χ0v) is 15.2. The molecule has 6 heteroatoms. The molecule has 2 rings (SSSR count). The second-order valence-corrected chi connectivity index (χ2v) is 8.22. The van der Waals surface area contributed by atoms with Crippen LogP contribution >= 0.6 is 0 Å². The molecule has 2 heterocycles. The SMILES string of the molecule is CC(C)(C)c1cc(NC(=O)NCC2CCCO2)n(C(C)(C)C)n1. The molecule has 0 spiro atoms. The van der Waals surface area contributed by atoms with Crippen LogP contribution < -0.4 is 10.6 Å². The molecule has 1 aliphatic heterocycles. The number of carbonyl (C=O) groups excluding carboxylic acids is 1. The van der Waals surface area contributed by atoms with E-state index in [0.29, 0.717) is 12.4 Å². The first kappa shape index (κ1) is 17.8. The van der Waals surface area contributed by atoms with Crippen LogP contribution in [0.1, 0.15) is 60.1 Å². The van der Waals surface area contributed by atoms with Gasteiger partial charge in [0, 0.05) is 24.6 Å². The Labute approximate surface area is 139 Å². The van der Waals surface area contributed by atoms with Crippen LogP contribution in [0.25, 0.3) is 0 Å². The van der Waals surface area contributed by atoms with Gasteiger partial charge in [0.1, 0.15) is 5.82 Å². The van der Waals surface area contributed by atoms with Crippen molar-refractivity contribution >= 4 is 11.8 Å². The predicted octanol–water partition coefficient (Wildman–Crippen LogP) is 3.24. The minimum atomic E-state index is -0.216. The molecule has 1 atom stereocenters. The van der Waals surface area contributed by atoms with Crippen LogP contribution in [-0.4, -0.2) is 35.1 Å². The fourth-order valence-corrected chi connectivity index (χ4v) is 2.52. The number of urea groups is 1. The van der Waals surface area contributed by atoms with Gasteiger partial charge in [0.25, 0.3) is 0 Å². The molecular formula is C17H30N4O2. The molecule has 0 aromatic carbocycles. The maximum absolute atomic E-state index is 12.2. The van der Waals surface area contributed by atoms with Crippen molar-refractivity contribution in [1.82, 2.24) is 15.1 Å². The Hall–Kier alpha value is -1.56. The standard InChI is InChI=1S/C17H30N4O2/c1-16(2,3)13-10-14(21(20-13)17(4,5)6)19-15(22)18-11-12-8-7-9-23-12/h10,12H,7-9,11H2,1-6H3,(H2,18,19,22). The monoisotopic (exact) mass is 322 g/mol. The second-order valence-electron chi connectivity index (χ2n) is 8.22. The van der Waals surface area contributed by atoms with Gasteiger partial charge in [-0.1, -0.05) is 20.8 Å². The Morgan fingerprint density at radius 2 is 2.04 bits per heavy atom. The molecule has 2 amide bonds. The second kappa shape index (κ2) is 6.51. The fraction of sp³-hybridized carbons (Fsp3) is 0.765. The van der Waals surface area contributed by atoms with Crippen molar-refractivity contribution in [1.29, 1.82) is 0 Å². The van der Waals surface area contributed by atoms with Crippen LogP contribution in [0.4, 0.5) is 10.6 Å². The van der Waals surface area contributed by atoms with Crippen molar-refractivity contribution in [3.8, 4) is 0 Å². The number of carbonyl (C=O) groups is 1. The van der Waals surface area contributed by atoms with Crippen LogP contribution in [0.5, 0.6) is 0 Å². The van der Waals surface area contributed by atoms with Gasteiger partial charge in [-0.3, -0.25) is 5.32 Å². The molecule has 2 N–H and O–H groups in total. The van der Waals surface area contributed by atoms with Gasteiger partial charge < -0.3 is 10.1 Å². The molecule has 0 saturated carbocycles. The van der Waals surface area contributed by atoms with E-state index in [0.717, 1.165) is 25.1 Å². The number of rotatable bonds is 3. The third-order valence-electron chi connectivity index (χ3n) is 3.87. The van der Waals surface area contributed by atoms with Crippen LogP contribution in [0.2, 0.25) is 0 Å². The van der Waals surface area contributed by atoms with E-state index in [1.54, 1.807) is 0 Å². The summed E-state index contributed by atoms with van der Waals surface area (Å²) < 4.78 is 7.39. The lowest BCUT2D eigenvalue weighted by Gasteiger charge is -2.23. The zero-order chi connectivity index (χ0) is 17.3. The van der Waals surface area contributed by atoms with Gasteiger partial charge in [0.05, 0.1) is 17.3 Å². The summed E-state index contributed by atoms with van der Waals surface area (Å²) >= 11 is 0. The minimum absolute atomic E-state index is 0.0684. The quantitative estimate of drug-likeness (QED) is 0.897. The summed E-state index contributed by atoms with van der Waals surface area (Å²) in [5, 5.41) is 10.5. The van der Waals surface area contributed by atoms with Crippen LogP contribution in [0, 0.1) is 0 Å². The summed E-state index contributed by atoms with van der Waals surface area (Å²) in [6, 6.07) is 1.74. The Morgan fingerprint density at radius 3 is 2.57 bits per heavy atom. The van der Waals surface area contributed by atoms with Crippen molar-refractivity contribution in [3.63, 3.8) is 0 Å². The highest BCUT2D eigenvalue weighted by atomic mass is 16.5. The number of nitrogens with zero attached hydrogens (tertiary/aromatic N) is 2. The molecule has 0 aliphatic carbocycles. The number of ether oxygens (including phenoxy) is 1. The minimum Gasteiger partial charge on any atom is -0.376 e. The van der Waals surface area contributed by atoms with E-state index in [9.17, 15) is 4.79 Å². The van der Waals surface area contributed by atoms with Gasteiger partial charge >= 0.3 is 6.03 Å². The molecular weight excluding hydrogens is 292 g/mol. The van der Waals surface area contributed by atoms with Crippen LogP contribution in [0.15, 0.2) is 6.07 Å². The van der Waals surface area contributed by atoms with E-state index in [1.807, 2.05) is 10.7 Å². The average molecular weight is 322 g/mol. The zero-order valence-electron chi connectivity index (χ0n) is 15.2. The first-order valence-corrected chi connectivity index (χ1v) is 8.35. The van der Waals surface area contributed by atoms with Crippen molar-refractivity contribution in [3.05, 3.63) is 11.8 Å². The summed E-state index contributed by atoms with van der Waals surface area (Å²) in [6.45, 7) is 13.9. The fourth-order valence-electron chi connectivity index (χ4n) is 2.52. The Balaban J connectivity index is 2.07. The van der Waals surface area contributed by atoms with Gasteiger partial charge in [0.2, 0.25) is 0 Å². The van der Waals surface area contributed by atoms with Crippen molar-refractivity contribution in [2.45, 2.75) is 71.4 Å². The summed E-state index contributed by atoms with van der Waals surface area (Å²) in [6.07, 6.45) is 2.21. The number of anilines is 1. The van der Waals surface area contributed by atoms with E-state index in [4.69, 9.17) is 9.84 Å². The third kappa shape index (κ3) is 4.70. The summed E-state index contributed by atoms with van der Waals surface area (Å²) in [5.74, 6) is 0.715. The maximum Gasteiger partial charge on any atom is 0.320 e. The van der Waals surface area contributed by atoms with E-state index in [1.165, 1.54) is 0 Å². The molecule has 130 valence electrons. The highest BCUT2D eigenvalue weighted by molar-refractivity contribution is 5.88. The van der Waals surface area contributed by atoms with Crippen LogP contribution in [-0.2, 0) is 15.7 Å². The van der Waals surface area contributed by atoms with Gasteiger partial charge in [-0.15, -0.1) is 0 Å². The van der Waals surface area contributed by atoms with Crippen molar-refractivity contribution in [2.24, 2.45) is 0 Å². The lowest BCUT2D eigenvalue weighted by Crippen LogP contribution is -2.36. The highest BCUT2D eigenvalue weighted by Crippen LogP contribution is 2.28. The first-order chi connectivity index (χ1) is 10.6. The van der Waals surface area contributed by atoms with E-state index >= 15 is 0 Å². The normalized spacial score (nSPS) is 19.0. The van der Waals surface area contributed by atoms with E-state index in [-0.39, 0.29) is 23.1 Å². The maximum atomic E-state index is 12.2. The van der Waals surface area contributed by atoms with Gasteiger partial charge in [0.15, 0.2) is 0 Å². The Kier molecular flexibility index (Phi) is 5.04. The molecule has 0 bridgehead atoms. The summed E-state index contributed by atoms with van der Waals surface area (Å²) in [7, 11) is 0. The number of amides is 2. The number of nitrogens with one attached hydrogen (secondary N) is 2. The molecule has 6 nitrogen and oxygen atoms in total. The van der Waals surface area contributed by atoms with Gasteiger partial charge in [-0.2, -0.15) is 5.10 Å². The number of hydrogen-bond acceptors (Lipinski definition) is 3. The molecule has 1 saturated heterocycles. The summed E-state index contributed by atoms with van der Waals surface area (Å²) in [5.41, 5.74) is 0.684. The molecule has 1 aromatic heterocycles.